The van der Waals surface area contributed by atoms with Crippen molar-refractivity contribution >= 4 is 5.78 Å². The predicted molar refractivity (Wildman–Crippen MR) is 60.9 cm³/mol. The first-order valence-electron chi connectivity index (χ1n) is 5.74. The van der Waals surface area contributed by atoms with E-state index in [1.165, 1.54) is 24.3 Å². The topological polar surface area (TPSA) is 35.5 Å². The molecule has 1 aromatic rings. The lowest BCUT2D eigenvalue weighted by molar-refractivity contribution is -0.274. The van der Waals surface area contributed by atoms with Gasteiger partial charge in [-0.15, -0.1) is 13.2 Å². The predicted octanol–water partition coefficient (Wildman–Crippen LogP) is 3.33. The van der Waals surface area contributed by atoms with Gasteiger partial charge in [0, 0.05) is 6.42 Å². The van der Waals surface area contributed by atoms with Crippen LogP contribution < -0.4 is 9.47 Å². The number of hydrogen-bond donors (Lipinski definition) is 0. The minimum Gasteiger partial charge on any atom is -0.489 e. The second-order valence-corrected chi connectivity index (χ2v) is 4.97. The van der Waals surface area contributed by atoms with E-state index in [4.69, 9.17) is 4.74 Å². The molecule has 0 spiro atoms. The maximum atomic E-state index is 12.0. The van der Waals surface area contributed by atoms with Gasteiger partial charge < -0.3 is 9.47 Å². The Hall–Kier alpha value is -1.72. The van der Waals surface area contributed by atoms with E-state index >= 15 is 0 Å². The van der Waals surface area contributed by atoms with Crippen molar-refractivity contribution in [1.29, 1.82) is 0 Å². The lowest BCUT2D eigenvalue weighted by Gasteiger charge is -2.41. The molecule has 3 nitrogen and oxygen atoms in total. The standard InChI is InChI=1S/C13H13F3O3/c1-12(2)10(17)7-11(12)18-8-3-5-9(6-4-8)19-13(14,15)16/h3-6,11H,7H2,1-2H3. The van der Waals surface area contributed by atoms with Gasteiger partial charge >= 0.3 is 6.36 Å². The smallest absolute Gasteiger partial charge is 0.489 e. The van der Waals surface area contributed by atoms with Crippen LogP contribution in [-0.4, -0.2) is 18.2 Å². The second-order valence-electron chi connectivity index (χ2n) is 4.97. The van der Waals surface area contributed by atoms with Crippen molar-refractivity contribution in [3.05, 3.63) is 24.3 Å². The lowest BCUT2D eigenvalue weighted by Crippen LogP contribution is -2.52. The highest BCUT2D eigenvalue weighted by atomic mass is 19.4. The molecule has 1 saturated carbocycles. The minimum atomic E-state index is -4.70. The fraction of sp³-hybridized carbons (Fsp3) is 0.462. The Labute approximate surface area is 108 Å². The van der Waals surface area contributed by atoms with Gasteiger partial charge in [-0.1, -0.05) is 0 Å². The normalized spacial score (nSPS) is 21.7. The summed E-state index contributed by atoms with van der Waals surface area (Å²) < 4.78 is 45.2. The highest BCUT2D eigenvalue weighted by Gasteiger charge is 2.49. The fourth-order valence-corrected chi connectivity index (χ4v) is 1.81. The van der Waals surface area contributed by atoms with Gasteiger partial charge in [0.25, 0.3) is 0 Å². The summed E-state index contributed by atoms with van der Waals surface area (Å²) in [7, 11) is 0. The Morgan fingerprint density at radius 2 is 1.68 bits per heavy atom. The number of alkyl halides is 3. The number of ether oxygens (including phenoxy) is 2. The van der Waals surface area contributed by atoms with Crippen molar-refractivity contribution in [2.24, 2.45) is 5.41 Å². The van der Waals surface area contributed by atoms with E-state index < -0.39 is 11.8 Å². The number of carbonyl (C=O) groups excluding carboxylic acids is 1. The van der Waals surface area contributed by atoms with Crippen molar-refractivity contribution < 1.29 is 27.4 Å². The summed E-state index contributed by atoms with van der Waals surface area (Å²) in [5, 5.41) is 0. The van der Waals surface area contributed by atoms with Crippen molar-refractivity contribution in [2.45, 2.75) is 32.7 Å². The van der Waals surface area contributed by atoms with E-state index in [-0.39, 0.29) is 17.6 Å². The summed E-state index contributed by atoms with van der Waals surface area (Å²) in [5.74, 6) is 0.235. The van der Waals surface area contributed by atoms with E-state index in [9.17, 15) is 18.0 Å². The summed E-state index contributed by atoms with van der Waals surface area (Å²) in [6.07, 6.45) is -4.62. The van der Waals surface area contributed by atoms with E-state index in [1.807, 2.05) is 0 Å². The first kappa shape index (κ1) is 13.7. The Balaban J connectivity index is 1.98. The van der Waals surface area contributed by atoms with Crippen LogP contribution in [0.25, 0.3) is 0 Å². The van der Waals surface area contributed by atoms with Crippen LogP contribution in [0.3, 0.4) is 0 Å². The third-order valence-electron chi connectivity index (χ3n) is 3.23. The van der Waals surface area contributed by atoms with E-state index in [0.717, 1.165) is 0 Å². The highest BCUT2D eigenvalue weighted by molar-refractivity contribution is 5.91. The molecular weight excluding hydrogens is 261 g/mol. The highest BCUT2D eigenvalue weighted by Crippen LogP contribution is 2.39. The number of rotatable bonds is 3. The molecule has 0 heterocycles. The van der Waals surface area contributed by atoms with Crippen LogP contribution >= 0.6 is 0 Å². The van der Waals surface area contributed by atoms with E-state index in [2.05, 4.69) is 4.74 Å². The molecule has 104 valence electrons. The van der Waals surface area contributed by atoms with Gasteiger partial charge in [-0.05, 0) is 38.1 Å². The number of hydrogen-bond acceptors (Lipinski definition) is 3. The molecule has 1 aliphatic carbocycles. The molecular formula is C13H13F3O3. The molecule has 0 bridgehead atoms. The molecule has 1 atom stereocenters. The molecule has 19 heavy (non-hydrogen) atoms. The molecule has 0 N–H and O–H groups in total. The Morgan fingerprint density at radius 1 is 1.16 bits per heavy atom. The number of benzene rings is 1. The molecule has 0 aromatic heterocycles. The molecule has 1 aromatic carbocycles. The Morgan fingerprint density at radius 3 is 2.11 bits per heavy atom. The summed E-state index contributed by atoms with van der Waals surface area (Å²) in [4.78, 5) is 11.3. The fourth-order valence-electron chi connectivity index (χ4n) is 1.81. The van der Waals surface area contributed by atoms with Crippen LogP contribution in [0.2, 0.25) is 0 Å². The summed E-state index contributed by atoms with van der Waals surface area (Å²) in [6.45, 7) is 3.56. The van der Waals surface area contributed by atoms with Crippen molar-refractivity contribution in [3.63, 3.8) is 0 Å². The zero-order valence-corrected chi connectivity index (χ0v) is 10.5. The van der Waals surface area contributed by atoms with Gasteiger partial charge in [-0.3, -0.25) is 4.79 Å². The first-order chi connectivity index (χ1) is 8.68. The monoisotopic (exact) mass is 274 g/mol. The third kappa shape index (κ3) is 3.00. The summed E-state index contributed by atoms with van der Waals surface area (Å²) in [5.41, 5.74) is -0.541. The first-order valence-corrected chi connectivity index (χ1v) is 5.74. The Bertz CT molecular complexity index is 477. The van der Waals surface area contributed by atoms with Crippen LogP contribution in [0.4, 0.5) is 13.2 Å². The van der Waals surface area contributed by atoms with Gasteiger partial charge in [-0.25, -0.2) is 0 Å². The van der Waals surface area contributed by atoms with Crippen LogP contribution in [0.1, 0.15) is 20.3 Å². The quantitative estimate of drug-likeness (QED) is 0.848. The van der Waals surface area contributed by atoms with Gasteiger partial charge in [0.1, 0.15) is 23.4 Å². The van der Waals surface area contributed by atoms with Crippen molar-refractivity contribution in [3.8, 4) is 11.5 Å². The molecule has 1 fully saturated rings. The number of halogens is 3. The molecule has 1 unspecified atom stereocenters. The average molecular weight is 274 g/mol. The van der Waals surface area contributed by atoms with Crippen LogP contribution in [0, 0.1) is 5.41 Å². The maximum Gasteiger partial charge on any atom is 0.573 e. The lowest BCUT2D eigenvalue weighted by atomic mass is 9.68. The molecule has 0 radical (unpaired) electrons. The van der Waals surface area contributed by atoms with Crippen LogP contribution in [0.15, 0.2) is 24.3 Å². The molecule has 0 amide bonds. The molecule has 2 rings (SSSR count). The zero-order chi connectivity index (χ0) is 14.3. The maximum absolute atomic E-state index is 12.0. The zero-order valence-electron chi connectivity index (χ0n) is 10.5. The number of carbonyl (C=O) groups is 1. The average Bonchev–Trinajstić information content (AvgIpc) is 2.29. The molecule has 0 saturated heterocycles. The summed E-state index contributed by atoms with van der Waals surface area (Å²) in [6, 6.07) is 5.13. The second kappa shape index (κ2) is 4.43. The SMILES string of the molecule is CC1(C)C(=O)CC1Oc1ccc(OC(F)(F)F)cc1. The Kier molecular flexibility index (Phi) is 3.20. The van der Waals surface area contributed by atoms with E-state index in [1.54, 1.807) is 13.8 Å². The van der Waals surface area contributed by atoms with Crippen molar-refractivity contribution in [1.82, 2.24) is 0 Å². The molecule has 1 aliphatic rings. The molecule has 6 heteroatoms. The van der Waals surface area contributed by atoms with Crippen LogP contribution in [0.5, 0.6) is 11.5 Å². The van der Waals surface area contributed by atoms with Gasteiger partial charge in [0.15, 0.2) is 0 Å². The largest absolute Gasteiger partial charge is 0.573 e. The van der Waals surface area contributed by atoms with E-state index in [0.29, 0.717) is 12.2 Å². The third-order valence-corrected chi connectivity index (χ3v) is 3.23. The van der Waals surface area contributed by atoms with Gasteiger partial charge in [-0.2, -0.15) is 0 Å². The number of ketones is 1. The van der Waals surface area contributed by atoms with Crippen molar-refractivity contribution in [2.75, 3.05) is 0 Å². The van der Waals surface area contributed by atoms with Gasteiger partial charge in [0.05, 0.1) is 5.41 Å². The van der Waals surface area contributed by atoms with Gasteiger partial charge in [0.2, 0.25) is 0 Å². The summed E-state index contributed by atoms with van der Waals surface area (Å²) >= 11 is 0. The number of Topliss-reactive ketones (excluding diaryl/α,β-unsaturated/α-hetero) is 1. The minimum absolute atomic E-state index is 0.120. The molecule has 0 aliphatic heterocycles. The van der Waals surface area contributed by atoms with Crippen LogP contribution in [-0.2, 0) is 4.79 Å².